The van der Waals surface area contributed by atoms with Gasteiger partial charge in [0.05, 0.1) is 33.6 Å². The topological polar surface area (TPSA) is 122 Å². The molecule has 4 aromatic rings. The second-order valence-corrected chi connectivity index (χ2v) is 12.5. The molecule has 13 heteroatoms. The molecule has 2 aromatic carbocycles. The Morgan fingerprint density at radius 2 is 1.93 bits per heavy atom. The summed E-state index contributed by atoms with van der Waals surface area (Å²) in [6.07, 6.45) is 5.51. The van der Waals surface area contributed by atoms with Crippen LogP contribution in [0.3, 0.4) is 0 Å². The number of hydrogen-bond acceptors (Lipinski definition) is 9. The van der Waals surface area contributed by atoms with E-state index in [1.54, 1.807) is 35.4 Å². The van der Waals surface area contributed by atoms with Crippen molar-refractivity contribution >= 4 is 32.5 Å². The van der Waals surface area contributed by atoms with E-state index >= 15 is 0 Å². The summed E-state index contributed by atoms with van der Waals surface area (Å²) in [5, 5.41) is 13.5. The summed E-state index contributed by atoms with van der Waals surface area (Å²) in [7, 11) is -1.94. The molecule has 0 spiro atoms. The fourth-order valence-electron chi connectivity index (χ4n) is 5.34. The third-order valence-corrected chi connectivity index (χ3v) is 9.31. The summed E-state index contributed by atoms with van der Waals surface area (Å²) < 4.78 is 45.8. The van der Waals surface area contributed by atoms with Gasteiger partial charge in [0, 0.05) is 31.3 Å². The van der Waals surface area contributed by atoms with E-state index in [0.717, 1.165) is 31.9 Å². The third kappa shape index (κ3) is 5.67. The molecule has 2 aliphatic heterocycles. The molecule has 2 fully saturated rings. The molecule has 0 bridgehead atoms. The van der Waals surface area contributed by atoms with Crippen LogP contribution in [0, 0.1) is 5.82 Å². The van der Waals surface area contributed by atoms with Gasteiger partial charge in [0.1, 0.15) is 24.0 Å². The molecule has 2 saturated heterocycles. The summed E-state index contributed by atoms with van der Waals surface area (Å²) in [4.78, 5) is 21.7. The molecule has 220 valence electrons. The van der Waals surface area contributed by atoms with Gasteiger partial charge in [0.15, 0.2) is 0 Å². The monoisotopic (exact) mass is 593 g/mol. The molecule has 2 unspecified atom stereocenters. The van der Waals surface area contributed by atoms with Crippen molar-refractivity contribution in [3.8, 4) is 0 Å². The van der Waals surface area contributed by atoms with Gasteiger partial charge in [-0.1, -0.05) is 6.07 Å². The van der Waals surface area contributed by atoms with Gasteiger partial charge in [0.2, 0.25) is 9.84 Å². The number of benzene rings is 2. The first-order valence-electron chi connectivity index (χ1n) is 13.9. The van der Waals surface area contributed by atoms with Crippen LogP contribution in [0.2, 0.25) is 0 Å². The number of piperazine rings is 1. The van der Waals surface area contributed by atoms with Gasteiger partial charge in [-0.15, -0.1) is 0 Å². The van der Waals surface area contributed by atoms with Crippen LogP contribution in [0.25, 0.3) is 10.9 Å². The number of halogens is 1. The van der Waals surface area contributed by atoms with Crippen LogP contribution in [0.1, 0.15) is 29.6 Å². The standard InChI is InChI=1S/C29H32FN7O4S/c1-35-13-14-36(26(19-35)33-29(38)24-8-5-12-31-28(24)34-27-9-2-3-15-41-27)37-25-11-10-23(16-20(25)18-32-37)42(39,40)22-7-4-6-21(30)17-22/h4-8,10-12,16-18,26-27H,2-3,9,13-15,19H2,1H3,(H,31,34)(H,33,38). The number of amides is 1. The first kappa shape index (κ1) is 28.1. The molecule has 42 heavy (non-hydrogen) atoms. The lowest BCUT2D eigenvalue weighted by atomic mass is 10.1. The highest BCUT2D eigenvalue weighted by molar-refractivity contribution is 7.91. The third-order valence-electron chi connectivity index (χ3n) is 7.56. The van der Waals surface area contributed by atoms with E-state index in [4.69, 9.17) is 4.74 Å². The van der Waals surface area contributed by atoms with Crippen molar-refractivity contribution in [1.82, 2.24) is 25.1 Å². The predicted octanol–water partition coefficient (Wildman–Crippen LogP) is 2.98. The van der Waals surface area contributed by atoms with Crippen LogP contribution < -0.4 is 15.6 Å². The largest absolute Gasteiger partial charge is 0.359 e. The fourth-order valence-corrected chi connectivity index (χ4v) is 6.66. The first-order valence-corrected chi connectivity index (χ1v) is 15.4. The Labute approximate surface area is 243 Å². The number of sulfone groups is 1. The first-order chi connectivity index (χ1) is 20.3. The van der Waals surface area contributed by atoms with Crippen molar-refractivity contribution in [2.24, 2.45) is 0 Å². The minimum atomic E-state index is -3.92. The number of hydrogen-bond donors (Lipinski definition) is 2. The Morgan fingerprint density at radius 3 is 2.74 bits per heavy atom. The molecule has 0 radical (unpaired) electrons. The molecule has 2 aliphatic rings. The zero-order chi connectivity index (χ0) is 29.3. The lowest BCUT2D eigenvalue weighted by Gasteiger charge is -2.41. The van der Waals surface area contributed by atoms with Crippen molar-refractivity contribution in [2.45, 2.75) is 41.4 Å². The van der Waals surface area contributed by atoms with Gasteiger partial charge in [-0.05, 0) is 74.8 Å². The highest BCUT2D eigenvalue weighted by Crippen LogP contribution is 2.26. The van der Waals surface area contributed by atoms with Crippen LogP contribution in [0.4, 0.5) is 10.2 Å². The lowest BCUT2D eigenvalue weighted by Crippen LogP contribution is -2.63. The van der Waals surface area contributed by atoms with E-state index < -0.39 is 21.8 Å². The van der Waals surface area contributed by atoms with Gasteiger partial charge in [-0.2, -0.15) is 9.89 Å². The zero-order valence-electron chi connectivity index (χ0n) is 23.1. The van der Waals surface area contributed by atoms with E-state index in [1.807, 2.05) is 12.1 Å². The Kier molecular flexibility index (Phi) is 7.80. The number of ether oxygens (including phenoxy) is 1. The van der Waals surface area contributed by atoms with Gasteiger partial charge in [-0.25, -0.2) is 17.8 Å². The van der Waals surface area contributed by atoms with Crippen molar-refractivity contribution < 1.29 is 22.3 Å². The Morgan fingerprint density at radius 1 is 1.07 bits per heavy atom. The number of carbonyl (C=O) groups excluding carboxylic acids is 1. The second-order valence-electron chi connectivity index (χ2n) is 10.5. The average molecular weight is 594 g/mol. The number of carbonyl (C=O) groups is 1. The number of fused-ring (bicyclic) bond motifs is 1. The minimum absolute atomic E-state index is 0.0435. The van der Waals surface area contributed by atoms with Crippen molar-refractivity contribution in [1.29, 1.82) is 0 Å². The molecule has 6 rings (SSSR count). The van der Waals surface area contributed by atoms with Gasteiger partial charge in [-0.3, -0.25) is 9.80 Å². The second kappa shape index (κ2) is 11.7. The molecule has 1 amide bonds. The number of rotatable bonds is 7. The molecule has 4 heterocycles. The van der Waals surface area contributed by atoms with Crippen LogP contribution in [-0.4, -0.2) is 79.8 Å². The van der Waals surface area contributed by atoms with Crippen LogP contribution in [-0.2, 0) is 14.6 Å². The molecular weight excluding hydrogens is 561 g/mol. The van der Waals surface area contributed by atoms with Gasteiger partial charge in [0.25, 0.3) is 5.91 Å². The summed E-state index contributed by atoms with van der Waals surface area (Å²) in [6.45, 7) is 2.51. The molecule has 0 aliphatic carbocycles. The summed E-state index contributed by atoms with van der Waals surface area (Å²) >= 11 is 0. The molecule has 2 aromatic heterocycles. The van der Waals surface area contributed by atoms with E-state index in [-0.39, 0.29) is 21.9 Å². The Hall–Kier alpha value is -4.07. The molecular formula is C29H32FN7O4S. The predicted molar refractivity (Wildman–Crippen MR) is 155 cm³/mol. The summed E-state index contributed by atoms with van der Waals surface area (Å²) in [5.41, 5.74) is 1.09. The number of nitrogens with one attached hydrogen (secondary N) is 2. The molecule has 11 nitrogen and oxygen atoms in total. The number of pyridine rings is 1. The SMILES string of the molecule is CN1CCN(n2ncc3cc(S(=O)(=O)c4cccc(F)c4)ccc32)C(NC(=O)c2cccnc2NC2CCCCO2)C1. The average Bonchev–Trinajstić information content (AvgIpc) is 3.41. The van der Waals surface area contributed by atoms with Gasteiger partial charge >= 0.3 is 0 Å². The summed E-state index contributed by atoms with van der Waals surface area (Å²) in [6, 6.07) is 13.1. The highest BCUT2D eigenvalue weighted by Gasteiger charge is 2.30. The van der Waals surface area contributed by atoms with E-state index in [9.17, 15) is 17.6 Å². The fraction of sp³-hybridized carbons (Fsp3) is 0.345. The quantitative estimate of drug-likeness (QED) is 0.333. The van der Waals surface area contributed by atoms with Crippen LogP contribution in [0.5, 0.6) is 0 Å². The minimum Gasteiger partial charge on any atom is -0.359 e. The maximum atomic E-state index is 13.7. The van der Waals surface area contributed by atoms with Crippen molar-refractivity contribution in [3.05, 3.63) is 78.4 Å². The smallest absolute Gasteiger partial charge is 0.256 e. The van der Waals surface area contributed by atoms with Crippen LogP contribution >= 0.6 is 0 Å². The normalized spacial score (nSPS) is 20.0. The molecule has 0 saturated carbocycles. The Balaban J connectivity index is 1.25. The highest BCUT2D eigenvalue weighted by atomic mass is 32.2. The van der Waals surface area contributed by atoms with Gasteiger partial charge < -0.3 is 20.3 Å². The molecule has 2 atom stereocenters. The maximum absolute atomic E-state index is 13.7. The van der Waals surface area contributed by atoms with E-state index in [0.29, 0.717) is 42.0 Å². The zero-order valence-corrected chi connectivity index (χ0v) is 23.9. The Bertz CT molecular complexity index is 1710. The number of nitrogens with zero attached hydrogens (tertiary/aromatic N) is 5. The van der Waals surface area contributed by atoms with E-state index in [2.05, 4.69) is 25.6 Å². The lowest BCUT2D eigenvalue weighted by molar-refractivity contribution is 0.0340. The van der Waals surface area contributed by atoms with Crippen molar-refractivity contribution in [2.75, 3.05) is 43.6 Å². The maximum Gasteiger partial charge on any atom is 0.256 e. The number of anilines is 1. The number of aromatic nitrogens is 3. The van der Waals surface area contributed by atoms with Crippen LogP contribution in [0.15, 0.2) is 76.8 Å². The van der Waals surface area contributed by atoms with E-state index in [1.165, 1.54) is 30.3 Å². The van der Waals surface area contributed by atoms with Crippen molar-refractivity contribution in [3.63, 3.8) is 0 Å². The number of likely N-dealkylation sites (N-methyl/N-ethyl adjacent to an activating group) is 1. The summed E-state index contributed by atoms with van der Waals surface area (Å²) in [5.74, 6) is -0.439. The molecule has 2 N–H and O–H groups in total.